The molecular weight excluding hydrogens is 212 g/mol. The van der Waals surface area contributed by atoms with Gasteiger partial charge in [-0.05, 0) is 44.1 Å². The molecule has 0 aromatic heterocycles. The van der Waals surface area contributed by atoms with E-state index in [2.05, 4.69) is 13.8 Å². The Balaban J connectivity index is 2.24. The second-order valence-corrected chi connectivity index (χ2v) is 5.49. The van der Waals surface area contributed by atoms with E-state index in [1.807, 2.05) is 4.90 Å². The molecular formula is C14H28N2O. The van der Waals surface area contributed by atoms with Crippen LogP contribution in [0.1, 0.15) is 52.4 Å². The van der Waals surface area contributed by atoms with Crippen molar-refractivity contribution in [3.8, 4) is 0 Å². The Labute approximate surface area is 106 Å². The van der Waals surface area contributed by atoms with Gasteiger partial charge in [-0.2, -0.15) is 0 Å². The molecule has 1 aliphatic rings. The average Bonchev–Trinajstić information content (AvgIpc) is 2.35. The lowest BCUT2D eigenvalue weighted by atomic mass is 9.96. The van der Waals surface area contributed by atoms with Crippen molar-refractivity contribution in [1.29, 1.82) is 0 Å². The monoisotopic (exact) mass is 240 g/mol. The Morgan fingerprint density at radius 1 is 1.35 bits per heavy atom. The highest BCUT2D eigenvalue weighted by Gasteiger charge is 2.20. The van der Waals surface area contributed by atoms with Crippen LogP contribution in [-0.2, 0) is 4.79 Å². The minimum absolute atomic E-state index is 0.339. The van der Waals surface area contributed by atoms with Crippen molar-refractivity contribution >= 4 is 5.91 Å². The normalized spacial score (nSPS) is 19.4. The molecule has 1 heterocycles. The van der Waals surface area contributed by atoms with Crippen LogP contribution in [0.15, 0.2) is 0 Å². The second kappa shape index (κ2) is 7.70. The zero-order valence-corrected chi connectivity index (χ0v) is 11.5. The summed E-state index contributed by atoms with van der Waals surface area (Å²) in [5, 5.41) is 0. The summed E-state index contributed by atoms with van der Waals surface area (Å²) in [7, 11) is 0. The van der Waals surface area contributed by atoms with E-state index in [1.165, 1.54) is 12.8 Å². The number of hydrogen-bond donors (Lipinski definition) is 1. The lowest BCUT2D eigenvalue weighted by molar-refractivity contribution is -0.132. The van der Waals surface area contributed by atoms with Crippen LogP contribution < -0.4 is 5.73 Å². The van der Waals surface area contributed by atoms with Crippen molar-refractivity contribution in [2.75, 3.05) is 19.6 Å². The fourth-order valence-electron chi connectivity index (χ4n) is 2.53. The molecule has 1 atom stereocenters. The van der Waals surface area contributed by atoms with E-state index in [0.717, 1.165) is 44.8 Å². The van der Waals surface area contributed by atoms with Crippen molar-refractivity contribution in [2.24, 2.45) is 17.6 Å². The predicted octanol–water partition coefficient (Wildman–Crippen LogP) is 2.40. The van der Waals surface area contributed by atoms with Crippen molar-refractivity contribution in [1.82, 2.24) is 4.90 Å². The molecule has 1 saturated heterocycles. The first-order valence-electron chi connectivity index (χ1n) is 7.15. The van der Waals surface area contributed by atoms with Crippen molar-refractivity contribution in [2.45, 2.75) is 52.4 Å². The molecule has 0 spiro atoms. The Hall–Kier alpha value is -0.570. The number of nitrogens with zero attached hydrogens (tertiary/aromatic N) is 1. The molecule has 17 heavy (non-hydrogen) atoms. The molecule has 0 radical (unpaired) electrons. The highest BCUT2D eigenvalue weighted by atomic mass is 16.2. The molecule has 0 saturated carbocycles. The summed E-state index contributed by atoms with van der Waals surface area (Å²) in [6, 6.07) is 0. The summed E-state index contributed by atoms with van der Waals surface area (Å²) in [5.74, 6) is 1.66. The fourth-order valence-corrected chi connectivity index (χ4v) is 2.53. The third kappa shape index (κ3) is 5.07. The maximum absolute atomic E-state index is 12.0. The summed E-state index contributed by atoms with van der Waals surface area (Å²) in [6.07, 6.45) is 6.31. The standard InChI is InChI=1S/C14H28N2O/c1-3-4-13(11-15)5-6-14(17)16-9-7-12(2)8-10-16/h12-13H,3-11,15H2,1-2H3. The van der Waals surface area contributed by atoms with Crippen molar-refractivity contribution in [3.05, 3.63) is 0 Å². The first-order valence-corrected chi connectivity index (χ1v) is 7.15. The van der Waals surface area contributed by atoms with E-state index >= 15 is 0 Å². The smallest absolute Gasteiger partial charge is 0.222 e. The van der Waals surface area contributed by atoms with Crippen LogP contribution in [0.5, 0.6) is 0 Å². The minimum Gasteiger partial charge on any atom is -0.343 e. The molecule has 1 amide bonds. The van der Waals surface area contributed by atoms with Crippen LogP contribution in [0.3, 0.4) is 0 Å². The van der Waals surface area contributed by atoms with E-state index in [0.29, 0.717) is 18.2 Å². The number of piperidine rings is 1. The van der Waals surface area contributed by atoms with Crippen LogP contribution >= 0.6 is 0 Å². The summed E-state index contributed by atoms with van der Waals surface area (Å²) in [4.78, 5) is 14.1. The fraction of sp³-hybridized carbons (Fsp3) is 0.929. The first kappa shape index (κ1) is 14.5. The molecule has 3 nitrogen and oxygen atoms in total. The first-order chi connectivity index (χ1) is 8.17. The summed E-state index contributed by atoms with van der Waals surface area (Å²) < 4.78 is 0. The third-order valence-corrected chi connectivity index (χ3v) is 3.93. The predicted molar refractivity (Wildman–Crippen MR) is 71.7 cm³/mol. The summed E-state index contributed by atoms with van der Waals surface area (Å²) >= 11 is 0. The van der Waals surface area contributed by atoms with Crippen LogP contribution in [0.25, 0.3) is 0 Å². The number of rotatable bonds is 6. The third-order valence-electron chi connectivity index (χ3n) is 3.93. The second-order valence-electron chi connectivity index (χ2n) is 5.49. The van der Waals surface area contributed by atoms with Gasteiger partial charge in [-0.1, -0.05) is 20.3 Å². The SMILES string of the molecule is CCCC(CN)CCC(=O)N1CCC(C)CC1. The van der Waals surface area contributed by atoms with Crippen LogP contribution in [0, 0.1) is 11.8 Å². The number of nitrogens with two attached hydrogens (primary N) is 1. The Morgan fingerprint density at radius 3 is 2.53 bits per heavy atom. The Kier molecular flexibility index (Phi) is 6.56. The molecule has 0 aromatic carbocycles. The van der Waals surface area contributed by atoms with E-state index in [4.69, 9.17) is 5.73 Å². The summed E-state index contributed by atoms with van der Waals surface area (Å²) in [5.41, 5.74) is 5.72. The van der Waals surface area contributed by atoms with Crippen LogP contribution in [0.4, 0.5) is 0 Å². The molecule has 0 bridgehead atoms. The number of hydrogen-bond acceptors (Lipinski definition) is 2. The molecule has 0 aromatic rings. The van der Waals surface area contributed by atoms with Crippen LogP contribution in [-0.4, -0.2) is 30.4 Å². The van der Waals surface area contributed by atoms with Gasteiger partial charge in [0.05, 0.1) is 0 Å². The number of carbonyl (C=O) groups excluding carboxylic acids is 1. The lowest BCUT2D eigenvalue weighted by Crippen LogP contribution is -2.38. The van der Waals surface area contributed by atoms with Gasteiger partial charge in [0.25, 0.3) is 0 Å². The van der Waals surface area contributed by atoms with E-state index < -0.39 is 0 Å². The zero-order valence-electron chi connectivity index (χ0n) is 11.5. The van der Waals surface area contributed by atoms with E-state index in [1.54, 1.807) is 0 Å². The van der Waals surface area contributed by atoms with Crippen LogP contribution in [0.2, 0.25) is 0 Å². The van der Waals surface area contributed by atoms with Gasteiger partial charge >= 0.3 is 0 Å². The number of amides is 1. The molecule has 1 aliphatic heterocycles. The van der Waals surface area contributed by atoms with Gasteiger partial charge in [0, 0.05) is 19.5 Å². The van der Waals surface area contributed by atoms with Crippen molar-refractivity contribution < 1.29 is 4.79 Å². The Morgan fingerprint density at radius 2 is 2.00 bits per heavy atom. The van der Waals surface area contributed by atoms with Gasteiger partial charge in [-0.3, -0.25) is 4.79 Å². The molecule has 1 unspecified atom stereocenters. The molecule has 2 N–H and O–H groups in total. The maximum Gasteiger partial charge on any atom is 0.222 e. The van der Waals surface area contributed by atoms with Gasteiger partial charge in [-0.15, -0.1) is 0 Å². The molecule has 3 heteroatoms. The van der Waals surface area contributed by atoms with Gasteiger partial charge in [0.15, 0.2) is 0 Å². The Bertz CT molecular complexity index is 222. The van der Waals surface area contributed by atoms with Crippen molar-refractivity contribution in [3.63, 3.8) is 0 Å². The van der Waals surface area contributed by atoms with E-state index in [-0.39, 0.29) is 0 Å². The molecule has 1 rings (SSSR count). The van der Waals surface area contributed by atoms with Gasteiger partial charge < -0.3 is 10.6 Å². The zero-order chi connectivity index (χ0) is 12.7. The average molecular weight is 240 g/mol. The van der Waals surface area contributed by atoms with Gasteiger partial charge in [0.2, 0.25) is 5.91 Å². The quantitative estimate of drug-likeness (QED) is 0.775. The largest absolute Gasteiger partial charge is 0.343 e. The minimum atomic E-state index is 0.339. The van der Waals surface area contributed by atoms with Gasteiger partial charge in [-0.25, -0.2) is 0 Å². The maximum atomic E-state index is 12.0. The highest BCUT2D eigenvalue weighted by Crippen LogP contribution is 2.18. The lowest BCUT2D eigenvalue weighted by Gasteiger charge is -2.30. The highest BCUT2D eigenvalue weighted by molar-refractivity contribution is 5.76. The molecule has 100 valence electrons. The number of likely N-dealkylation sites (tertiary alicyclic amines) is 1. The number of carbonyl (C=O) groups is 1. The summed E-state index contributed by atoms with van der Waals surface area (Å²) in [6.45, 7) is 7.09. The van der Waals surface area contributed by atoms with Gasteiger partial charge in [0.1, 0.15) is 0 Å². The topological polar surface area (TPSA) is 46.3 Å². The molecule has 1 fully saturated rings. The molecule has 0 aliphatic carbocycles. The van der Waals surface area contributed by atoms with E-state index in [9.17, 15) is 4.79 Å².